The molecule has 6 nitrogen and oxygen atoms in total. The smallest absolute Gasteiger partial charge is 0.228 e. The average Bonchev–Trinajstić information content (AvgIpc) is 3.62. The predicted molar refractivity (Wildman–Crippen MR) is 146 cm³/mol. The maximum Gasteiger partial charge on any atom is 0.228 e. The van der Waals surface area contributed by atoms with E-state index >= 15 is 0 Å². The van der Waals surface area contributed by atoms with Crippen LogP contribution in [0, 0.1) is 17.8 Å². The molecule has 3 rings (SSSR count). The summed E-state index contributed by atoms with van der Waals surface area (Å²) in [4.78, 5) is 47.4. The number of hydrogen-bond acceptors (Lipinski definition) is 6. The zero-order chi connectivity index (χ0) is 26.3. The van der Waals surface area contributed by atoms with Gasteiger partial charge in [0.25, 0.3) is 0 Å². The van der Waals surface area contributed by atoms with Gasteiger partial charge in [0.1, 0.15) is 11.3 Å². The molecule has 4 atom stereocenters. The van der Waals surface area contributed by atoms with E-state index in [1.165, 1.54) is 12.8 Å². The first-order valence-corrected chi connectivity index (χ1v) is 14.9. The van der Waals surface area contributed by atoms with Gasteiger partial charge in [-0.1, -0.05) is 34.6 Å². The predicted octanol–water partition coefficient (Wildman–Crippen LogP) is 4.51. The van der Waals surface area contributed by atoms with Gasteiger partial charge in [-0.15, -0.1) is 0 Å². The van der Waals surface area contributed by atoms with E-state index in [9.17, 15) is 14.4 Å². The Balaban J connectivity index is 1.78. The van der Waals surface area contributed by atoms with Gasteiger partial charge in [0.05, 0.1) is 12.1 Å². The highest BCUT2D eigenvalue weighted by Gasteiger charge is 2.50. The maximum atomic E-state index is 14.4. The quantitative estimate of drug-likeness (QED) is 0.307. The van der Waals surface area contributed by atoms with Crippen LogP contribution in [-0.2, 0) is 14.4 Å². The van der Waals surface area contributed by atoms with E-state index in [-0.39, 0.29) is 29.7 Å². The molecular formula is C30H52N3O3. The van der Waals surface area contributed by atoms with E-state index < -0.39 is 5.54 Å². The van der Waals surface area contributed by atoms with E-state index in [1.807, 2.05) is 0 Å². The van der Waals surface area contributed by atoms with Crippen LogP contribution in [0.4, 0.5) is 0 Å². The number of ketones is 2. The van der Waals surface area contributed by atoms with Crippen LogP contribution in [0.5, 0.6) is 0 Å². The average molecular weight is 503 g/mol. The molecule has 3 heterocycles. The van der Waals surface area contributed by atoms with Crippen LogP contribution in [0.3, 0.4) is 0 Å². The van der Waals surface area contributed by atoms with Gasteiger partial charge in [-0.3, -0.25) is 29.1 Å². The molecule has 3 aliphatic heterocycles. The van der Waals surface area contributed by atoms with Crippen molar-refractivity contribution >= 4 is 17.9 Å². The molecule has 36 heavy (non-hydrogen) atoms. The van der Waals surface area contributed by atoms with Gasteiger partial charge in [-0.25, -0.2) is 0 Å². The summed E-state index contributed by atoms with van der Waals surface area (Å²) in [6, 6.07) is -0.310. The molecule has 3 fully saturated rings. The van der Waals surface area contributed by atoms with Crippen LogP contribution in [0.15, 0.2) is 0 Å². The van der Waals surface area contributed by atoms with Crippen molar-refractivity contribution in [3.05, 3.63) is 0 Å². The molecule has 0 aliphatic carbocycles. The van der Waals surface area contributed by atoms with Crippen molar-refractivity contribution in [2.75, 3.05) is 39.3 Å². The Morgan fingerprint density at radius 1 is 0.722 bits per heavy atom. The topological polar surface area (TPSA) is 60.9 Å². The summed E-state index contributed by atoms with van der Waals surface area (Å²) in [6.45, 7) is 16.1. The number of hydrogen-bond donors (Lipinski definition) is 0. The molecule has 0 bridgehead atoms. The van der Waals surface area contributed by atoms with E-state index in [0.717, 1.165) is 71.4 Å². The molecule has 3 aliphatic rings. The number of carbonyl (C=O) groups is 2. The zero-order valence-corrected chi connectivity index (χ0v) is 23.8. The largest absolute Gasteiger partial charge is 0.298 e. The van der Waals surface area contributed by atoms with Crippen molar-refractivity contribution in [3.8, 4) is 0 Å². The molecule has 6 heteroatoms. The Kier molecular flexibility index (Phi) is 11.1. The van der Waals surface area contributed by atoms with Crippen molar-refractivity contribution in [2.24, 2.45) is 17.8 Å². The first-order valence-electron chi connectivity index (χ1n) is 14.9. The van der Waals surface area contributed by atoms with Crippen molar-refractivity contribution in [2.45, 2.75) is 116 Å². The second-order valence-electron chi connectivity index (χ2n) is 12.8. The number of likely N-dealkylation sites (tertiary alicyclic amines) is 3. The molecule has 205 valence electrons. The minimum Gasteiger partial charge on any atom is -0.298 e. The van der Waals surface area contributed by atoms with Gasteiger partial charge < -0.3 is 0 Å². The summed E-state index contributed by atoms with van der Waals surface area (Å²) in [5, 5.41) is 0. The number of Topliss-reactive ketones (excluding diaryl/α,β-unsaturated/α-hetero) is 2. The van der Waals surface area contributed by atoms with Crippen LogP contribution < -0.4 is 0 Å². The maximum absolute atomic E-state index is 14.4. The van der Waals surface area contributed by atoms with Crippen molar-refractivity contribution < 1.29 is 14.4 Å². The fraction of sp³-hybridized carbons (Fsp3) is 0.900. The lowest BCUT2D eigenvalue weighted by Gasteiger charge is -2.41. The highest BCUT2D eigenvalue weighted by atomic mass is 16.2. The van der Waals surface area contributed by atoms with Crippen molar-refractivity contribution in [3.63, 3.8) is 0 Å². The van der Waals surface area contributed by atoms with E-state index in [0.29, 0.717) is 31.0 Å². The van der Waals surface area contributed by atoms with Gasteiger partial charge in [0.2, 0.25) is 6.29 Å². The van der Waals surface area contributed by atoms with E-state index in [4.69, 9.17) is 0 Å². The summed E-state index contributed by atoms with van der Waals surface area (Å²) in [5.74, 6) is 1.18. The van der Waals surface area contributed by atoms with E-state index in [1.54, 1.807) is 0 Å². The summed E-state index contributed by atoms with van der Waals surface area (Å²) < 4.78 is 0. The first kappa shape index (κ1) is 29.4. The monoisotopic (exact) mass is 502 g/mol. The normalized spacial score (nSPS) is 24.3. The molecule has 0 aromatic rings. The molecular weight excluding hydrogens is 450 g/mol. The third kappa shape index (κ3) is 7.26. The number of carbonyl (C=O) groups excluding carboxylic acids is 3. The molecule has 0 saturated carbocycles. The first-order chi connectivity index (χ1) is 17.2. The standard InChI is InChI=1S/C30H52N3O3/c1-23(2)18-26(31-12-6-7-13-31)28(35)20-25(5)19-27(32-14-8-9-15-32)29(36)30(22-34,21-24(3)4)33-16-10-11-17-33/h23-27H,6-21H2,1-5H3/t25?,26?,27?,30-/m1/s1. The molecule has 0 N–H and O–H groups in total. The van der Waals surface area contributed by atoms with Crippen LogP contribution in [-0.4, -0.2) is 89.4 Å². The second-order valence-corrected chi connectivity index (χ2v) is 12.8. The van der Waals surface area contributed by atoms with E-state index in [2.05, 4.69) is 55.6 Å². The molecule has 0 spiro atoms. The molecule has 0 amide bonds. The highest BCUT2D eigenvalue weighted by Crippen LogP contribution is 2.33. The fourth-order valence-corrected chi connectivity index (χ4v) is 6.91. The highest BCUT2D eigenvalue weighted by molar-refractivity contribution is 6.06. The van der Waals surface area contributed by atoms with Crippen molar-refractivity contribution in [1.29, 1.82) is 0 Å². The zero-order valence-electron chi connectivity index (χ0n) is 23.8. The molecule has 3 saturated heterocycles. The lowest BCUT2D eigenvalue weighted by Crippen LogP contribution is -2.61. The van der Waals surface area contributed by atoms with Gasteiger partial charge in [-0.2, -0.15) is 0 Å². The molecule has 0 aromatic carbocycles. The van der Waals surface area contributed by atoms with Gasteiger partial charge >= 0.3 is 0 Å². The Bertz CT molecular complexity index is 721. The van der Waals surface area contributed by atoms with Gasteiger partial charge in [-0.05, 0) is 115 Å². The third-order valence-corrected chi connectivity index (χ3v) is 8.63. The molecule has 0 aromatic heterocycles. The Morgan fingerprint density at radius 3 is 1.69 bits per heavy atom. The minimum absolute atomic E-state index is 0.00354. The second kappa shape index (κ2) is 13.6. The van der Waals surface area contributed by atoms with Gasteiger partial charge in [0, 0.05) is 6.42 Å². The minimum atomic E-state index is -1.16. The Hall–Kier alpha value is -1.11. The van der Waals surface area contributed by atoms with Crippen molar-refractivity contribution in [1.82, 2.24) is 14.7 Å². The SMILES string of the molecule is CC(C)CC(C(=O)CC(C)CC(C(=O)[C@]([C]=O)(CC(C)C)N1CCCC1)N1CCCC1)N1CCCC1. The Morgan fingerprint density at radius 2 is 1.22 bits per heavy atom. The van der Waals surface area contributed by atoms with Crippen LogP contribution in [0.1, 0.15) is 98.8 Å². The lowest BCUT2D eigenvalue weighted by molar-refractivity contribution is -0.134. The summed E-state index contributed by atoms with van der Waals surface area (Å²) in [6.07, 6.45) is 11.5. The Labute approximate surface area is 220 Å². The van der Waals surface area contributed by atoms with Crippen LogP contribution in [0.25, 0.3) is 0 Å². The third-order valence-electron chi connectivity index (χ3n) is 8.63. The van der Waals surface area contributed by atoms with Crippen LogP contribution in [0.2, 0.25) is 0 Å². The summed E-state index contributed by atoms with van der Waals surface area (Å²) >= 11 is 0. The molecule has 3 unspecified atom stereocenters. The van der Waals surface area contributed by atoms with Gasteiger partial charge in [0.15, 0.2) is 5.78 Å². The molecule has 1 radical (unpaired) electrons. The fourth-order valence-electron chi connectivity index (χ4n) is 6.91. The summed E-state index contributed by atoms with van der Waals surface area (Å²) in [5.41, 5.74) is -1.16. The van der Waals surface area contributed by atoms with Crippen LogP contribution >= 0.6 is 0 Å². The number of nitrogens with zero attached hydrogens (tertiary/aromatic N) is 3. The lowest BCUT2D eigenvalue weighted by atomic mass is 9.78. The summed E-state index contributed by atoms with van der Waals surface area (Å²) in [7, 11) is 0. The number of rotatable bonds is 15.